The smallest absolute Gasteiger partial charge is 0.338 e. The summed E-state index contributed by atoms with van der Waals surface area (Å²) in [5.74, 6) is -0.0643. The molecule has 7 nitrogen and oxygen atoms in total. The lowest BCUT2D eigenvalue weighted by Crippen LogP contribution is -2.09. The molecule has 18 heavy (non-hydrogen) atoms. The number of hydrogen-bond donors (Lipinski definition) is 0. The predicted molar refractivity (Wildman–Crippen MR) is 59.3 cm³/mol. The van der Waals surface area contributed by atoms with E-state index in [1.807, 2.05) is 0 Å². The summed E-state index contributed by atoms with van der Waals surface area (Å²) in [6.07, 6.45) is -1.27. The molecule has 1 aliphatic rings. The quantitative estimate of drug-likeness (QED) is 0.346. The van der Waals surface area contributed by atoms with Crippen molar-refractivity contribution in [1.82, 2.24) is 0 Å². The third-order valence-corrected chi connectivity index (χ3v) is 2.66. The number of rotatable bonds is 4. The van der Waals surface area contributed by atoms with E-state index in [4.69, 9.17) is 9.47 Å². The van der Waals surface area contributed by atoms with Crippen LogP contribution in [0.3, 0.4) is 0 Å². The van der Waals surface area contributed by atoms with Crippen molar-refractivity contribution in [3.63, 3.8) is 0 Å². The molecule has 2 atom stereocenters. The molecule has 1 aromatic rings. The van der Waals surface area contributed by atoms with Gasteiger partial charge in [0.1, 0.15) is 11.9 Å². The number of nitro groups is 1. The summed E-state index contributed by atoms with van der Waals surface area (Å²) in [4.78, 5) is 21.4. The van der Waals surface area contributed by atoms with Crippen LogP contribution < -0.4 is 4.74 Å². The van der Waals surface area contributed by atoms with E-state index < -0.39 is 23.1 Å². The fourth-order valence-electron chi connectivity index (χ4n) is 1.70. The average Bonchev–Trinajstić information content (AvgIpc) is 3.17. The Hall–Kier alpha value is -2.15. The predicted octanol–water partition coefficient (Wildman–Crippen LogP) is 1.22. The van der Waals surface area contributed by atoms with E-state index in [-0.39, 0.29) is 5.69 Å². The highest BCUT2D eigenvalue weighted by atomic mass is 16.6. The SMILES string of the molecule is COC(=O)[C@H]1O[C@@H]1c1cc([N+](=O)[O-])ccc1OC. The number of carbonyl (C=O) groups excluding carboxylic acids is 1. The lowest BCUT2D eigenvalue weighted by Gasteiger charge is -2.05. The number of esters is 1. The minimum atomic E-state index is -0.717. The number of hydrogen-bond acceptors (Lipinski definition) is 6. The molecule has 0 bridgehead atoms. The summed E-state index contributed by atoms with van der Waals surface area (Å²) >= 11 is 0. The molecule has 1 heterocycles. The van der Waals surface area contributed by atoms with Crippen LogP contribution in [0, 0.1) is 10.1 Å². The van der Waals surface area contributed by atoms with Gasteiger partial charge in [0.15, 0.2) is 6.10 Å². The van der Waals surface area contributed by atoms with E-state index in [9.17, 15) is 14.9 Å². The number of benzene rings is 1. The Labute approximate surface area is 102 Å². The van der Waals surface area contributed by atoms with E-state index in [0.717, 1.165) is 0 Å². The molecule has 0 amide bonds. The fourth-order valence-corrected chi connectivity index (χ4v) is 1.70. The van der Waals surface area contributed by atoms with Crippen molar-refractivity contribution in [3.05, 3.63) is 33.9 Å². The maximum absolute atomic E-state index is 11.3. The maximum Gasteiger partial charge on any atom is 0.338 e. The Morgan fingerprint density at radius 1 is 1.44 bits per heavy atom. The first-order chi connectivity index (χ1) is 8.58. The number of methoxy groups -OCH3 is 2. The summed E-state index contributed by atoms with van der Waals surface area (Å²) in [6.45, 7) is 0. The van der Waals surface area contributed by atoms with Crippen molar-refractivity contribution >= 4 is 11.7 Å². The van der Waals surface area contributed by atoms with E-state index in [2.05, 4.69) is 4.74 Å². The number of nitro benzene ring substituents is 1. The van der Waals surface area contributed by atoms with Gasteiger partial charge in [0.25, 0.3) is 5.69 Å². The van der Waals surface area contributed by atoms with Gasteiger partial charge in [-0.25, -0.2) is 4.79 Å². The van der Waals surface area contributed by atoms with E-state index >= 15 is 0 Å². The van der Waals surface area contributed by atoms with Crippen LogP contribution in [0.1, 0.15) is 11.7 Å². The first-order valence-corrected chi connectivity index (χ1v) is 5.14. The Balaban J connectivity index is 2.29. The molecule has 0 radical (unpaired) electrons. The summed E-state index contributed by atoms with van der Waals surface area (Å²) in [6, 6.07) is 4.15. The van der Waals surface area contributed by atoms with Crippen LogP contribution in [-0.4, -0.2) is 31.2 Å². The van der Waals surface area contributed by atoms with Crippen LogP contribution in [-0.2, 0) is 14.3 Å². The van der Waals surface area contributed by atoms with Crippen molar-refractivity contribution in [2.75, 3.05) is 14.2 Å². The molecular weight excluding hydrogens is 242 g/mol. The summed E-state index contributed by atoms with van der Waals surface area (Å²) < 4.78 is 14.8. The van der Waals surface area contributed by atoms with Crippen LogP contribution >= 0.6 is 0 Å². The molecule has 1 fully saturated rings. The number of carbonyl (C=O) groups is 1. The van der Waals surface area contributed by atoms with Crippen molar-refractivity contribution in [2.24, 2.45) is 0 Å². The van der Waals surface area contributed by atoms with Crippen LogP contribution in [0.4, 0.5) is 5.69 Å². The topological polar surface area (TPSA) is 91.2 Å². The molecule has 0 aromatic heterocycles. The van der Waals surface area contributed by atoms with Gasteiger partial charge in [0.2, 0.25) is 0 Å². The van der Waals surface area contributed by atoms with Crippen molar-refractivity contribution in [2.45, 2.75) is 12.2 Å². The average molecular weight is 253 g/mol. The Morgan fingerprint density at radius 2 is 2.17 bits per heavy atom. The monoisotopic (exact) mass is 253 g/mol. The number of epoxide rings is 1. The lowest BCUT2D eigenvalue weighted by atomic mass is 10.1. The van der Waals surface area contributed by atoms with Gasteiger partial charge in [0.05, 0.1) is 19.1 Å². The molecule has 0 spiro atoms. The van der Waals surface area contributed by atoms with Crippen molar-refractivity contribution in [1.29, 1.82) is 0 Å². The first kappa shape index (κ1) is 12.3. The van der Waals surface area contributed by atoms with Gasteiger partial charge in [-0.15, -0.1) is 0 Å². The van der Waals surface area contributed by atoms with E-state index in [0.29, 0.717) is 11.3 Å². The molecule has 0 saturated carbocycles. The minimum absolute atomic E-state index is 0.0788. The second-order valence-electron chi connectivity index (χ2n) is 3.68. The van der Waals surface area contributed by atoms with Crippen LogP contribution in [0.25, 0.3) is 0 Å². The largest absolute Gasteiger partial charge is 0.496 e. The maximum atomic E-state index is 11.3. The zero-order valence-electron chi connectivity index (χ0n) is 9.78. The lowest BCUT2D eigenvalue weighted by molar-refractivity contribution is -0.385. The molecule has 1 saturated heterocycles. The molecule has 0 N–H and O–H groups in total. The Bertz CT molecular complexity index is 500. The summed E-state index contributed by atoms with van der Waals surface area (Å²) in [5.41, 5.74) is 0.395. The summed E-state index contributed by atoms with van der Waals surface area (Å²) in [5, 5.41) is 10.7. The van der Waals surface area contributed by atoms with Gasteiger partial charge in [-0.1, -0.05) is 0 Å². The highest BCUT2D eigenvalue weighted by Gasteiger charge is 2.49. The highest BCUT2D eigenvalue weighted by Crippen LogP contribution is 2.44. The van der Waals surface area contributed by atoms with Gasteiger partial charge in [-0.3, -0.25) is 10.1 Å². The molecule has 7 heteroatoms. The standard InChI is InChI=1S/C11H11NO6/c1-16-8-4-3-6(12(14)15)5-7(8)9-10(18-9)11(13)17-2/h3-5,9-10H,1-2H3/t9-,10+/m1/s1. The molecule has 96 valence electrons. The molecule has 1 aromatic carbocycles. The zero-order chi connectivity index (χ0) is 13.3. The second kappa shape index (κ2) is 4.61. The van der Waals surface area contributed by atoms with Crippen LogP contribution in [0.2, 0.25) is 0 Å². The molecule has 1 aliphatic heterocycles. The number of nitrogens with zero attached hydrogens (tertiary/aromatic N) is 1. The summed E-state index contributed by atoms with van der Waals surface area (Å²) in [7, 11) is 2.70. The highest BCUT2D eigenvalue weighted by molar-refractivity contribution is 5.78. The Kier molecular flexibility index (Phi) is 3.15. The van der Waals surface area contributed by atoms with Gasteiger partial charge < -0.3 is 14.2 Å². The molecule has 0 aliphatic carbocycles. The third kappa shape index (κ3) is 2.12. The molecule has 2 rings (SSSR count). The van der Waals surface area contributed by atoms with Gasteiger partial charge in [-0.05, 0) is 6.07 Å². The van der Waals surface area contributed by atoms with Crippen LogP contribution in [0.5, 0.6) is 5.75 Å². The van der Waals surface area contributed by atoms with Crippen molar-refractivity contribution in [3.8, 4) is 5.75 Å². The molecular formula is C11H11NO6. The van der Waals surface area contributed by atoms with E-state index in [1.54, 1.807) is 0 Å². The van der Waals surface area contributed by atoms with Crippen LogP contribution in [0.15, 0.2) is 18.2 Å². The first-order valence-electron chi connectivity index (χ1n) is 5.14. The third-order valence-electron chi connectivity index (χ3n) is 2.66. The zero-order valence-corrected chi connectivity index (χ0v) is 9.78. The fraction of sp³-hybridized carbons (Fsp3) is 0.364. The number of non-ortho nitro benzene ring substituents is 1. The van der Waals surface area contributed by atoms with Gasteiger partial charge in [0, 0.05) is 17.7 Å². The van der Waals surface area contributed by atoms with Gasteiger partial charge in [-0.2, -0.15) is 0 Å². The van der Waals surface area contributed by atoms with E-state index in [1.165, 1.54) is 32.4 Å². The normalized spacial score (nSPS) is 21.2. The van der Waals surface area contributed by atoms with Gasteiger partial charge >= 0.3 is 5.97 Å². The minimum Gasteiger partial charge on any atom is -0.496 e. The Morgan fingerprint density at radius 3 is 2.72 bits per heavy atom. The van der Waals surface area contributed by atoms with Crippen molar-refractivity contribution < 1.29 is 23.9 Å². The number of ether oxygens (including phenoxy) is 3. The second-order valence-corrected chi connectivity index (χ2v) is 3.68. The molecule has 0 unspecified atom stereocenters.